The van der Waals surface area contributed by atoms with Gasteiger partial charge in [-0.25, -0.2) is 13.2 Å². The Morgan fingerprint density at radius 2 is 1.97 bits per heavy atom. The van der Waals surface area contributed by atoms with Crippen LogP contribution in [0.2, 0.25) is 0 Å². The summed E-state index contributed by atoms with van der Waals surface area (Å²) >= 11 is 3.42. The Bertz CT molecular complexity index is 1160. The van der Waals surface area contributed by atoms with Gasteiger partial charge in [0.1, 0.15) is 0 Å². The van der Waals surface area contributed by atoms with Crippen molar-refractivity contribution >= 4 is 37.4 Å². The normalized spacial score (nSPS) is 18.9. The minimum absolute atomic E-state index is 0.0370. The summed E-state index contributed by atoms with van der Waals surface area (Å²) in [7, 11) is -3.35. The van der Waals surface area contributed by atoms with Crippen LogP contribution in [0.25, 0.3) is 16.7 Å². The first-order valence-corrected chi connectivity index (χ1v) is 13.2. The van der Waals surface area contributed by atoms with Gasteiger partial charge in [-0.2, -0.15) is 0 Å². The minimum atomic E-state index is -3.35. The molecule has 0 radical (unpaired) electrons. The number of pyridine rings is 1. The topological polar surface area (TPSA) is 85.4 Å². The van der Waals surface area contributed by atoms with Gasteiger partial charge < -0.3 is 10.1 Å². The second-order valence-electron chi connectivity index (χ2n) is 8.61. The molecule has 1 amide bonds. The van der Waals surface area contributed by atoms with Gasteiger partial charge in [-0.1, -0.05) is 28.1 Å². The highest BCUT2D eigenvalue weighted by molar-refractivity contribution is 9.10. The number of nitrogens with zero attached hydrogens (tertiary/aromatic N) is 1. The van der Waals surface area contributed by atoms with E-state index in [0.717, 1.165) is 47.0 Å². The van der Waals surface area contributed by atoms with Crippen LogP contribution in [0.5, 0.6) is 0 Å². The molecule has 0 bridgehead atoms. The number of hydrogen-bond acceptors (Lipinski definition) is 5. The molecule has 1 atom stereocenters. The van der Waals surface area contributed by atoms with Crippen LogP contribution in [0.4, 0.5) is 4.79 Å². The maximum Gasteiger partial charge on any atom is 0.407 e. The molecule has 1 aromatic heterocycles. The van der Waals surface area contributed by atoms with Crippen LogP contribution in [0, 0.1) is 0 Å². The molecular weight excluding hydrogens is 492 g/mol. The highest BCUT2D eigenvalue weighted by Gasteiger charge is 2.38. The molecule has 0 aliphatic heterocycles. The van der Waals surface area contributed by atoms with Gasteiger partial charge in [0.05, 0.1) is 21.9 Å². The van der Waals surface area contributed by atoms with Gasteiger partial charge in [0.15, 0.2) is 9.84 Å². The summed E-state index contributed by atoms with van der Waals surface area (Å²) in [6.07, 6.45) is 7.01. The molecule has 6 nitrogen and oxygen atoms in total. The lowest BCUT2D eigenvalue weighted by atomic mass is 9.92. The monoisotopic (exact) mass is 518 g/mol. The Labute approximate surface area is 197 Å². The molecule has 0 saturated heterocycles. The molecule has 2 aliphatic carbocycles. The van der Waals surface area contributed by atoms with Crippen molar-refractivity contribution in [2.24, 2.45) is 0 Å². The first-order valence-electron chi connectivity index (χ1n) is 10.9. The number of amides is 1. The van der Waals surface area contributed by atoms with Crippen molar-refractivity contribution in [3.8, 4) is 11.1 Å². The quantitative estimate of drug-likeness (QED) is 0.544. The zero-order valence-electron chi connectivity index (χ0n) is 18.2. The summed E-state index contributed by atoms with van der Waals surface area (Å²) in [5.74, 6) is 0. The van der Waals surface area contributed by atoms with Crippen LogP contribution in [0.3, 0.4) is 0 Å². The third-order valence-corrected chi connectivity index (χ3v) is 8.48. The SMILES string of the molecule is CC(C)OC(=O)NC1CC=C(c2cc(-c3ccc(Br)cc3S(=O)(=O)C3CC3)ccn2)CC1. The van der Waals surface area contributed by atoms with E-state index in [2.05, 4.69) is 32.3 Å². The molecule has 0 spiro atoms. The molecule has 4 rings (SSSR count). The van der Waals surface area contributed by atoms with Crippen molar-refractivity contribution < 1.29 is 17.9 Å². The number of carbonyl (C=O) groups is 1. The molecule has 1 fully saturated rings. The lowest BCUT2D eigenvalue weighted by Crippen LogP contribution is -2.37. The second kappa shape index (κ2) is 9.35. The zero-order chi connectivity index (χ0) is 22.9. The summed E-state index contributed by atoms with van der Waals surface area (Å²) < 4.78 is 32.0. The van der Waals surface area contributed by atoms with Crippen LogP contribution in [-0.2, 0) is 14.6 Å². The zero-order valence-corrected chi connectivity index (χ0v) is 20.6. The molecule has 1 saturated carbocycles. The second-order valence-corrected chi connectivity index (χ2v) is 11.7. The minimum Gasteiger partial charge on any atom is -0.447 e. The maximum absolute atomic E-state index is 13.0. The number of sulfone groups is 1. The predicted octanol–water partition coefficient (Wildman–Crippen LogP) is 5.52. The van der Waals surface area contributed by atoms with E-state index < -0.39 is 9.84 Å². The Morgan fingerprint density at radius 1 is 1.19 bits per heavy atom. The number of halogens is 1. The van der Waals surface area contributed by atoms with Gasteiger partial charge in [-0.3, -0.25) is 4.98 Å². The number of allylic oxidation sites excluding steroid dienone is 1. The molecule has 2 aliphatic rings. The number of aromatic nitrogens is 1. The van der Waals surface area contributed by atoms with Crippen molar-refractivity contribution in [1.29, 1.82) is 0 Å². The number of rotatable bonds is 6. The Kier molecular flexibility index (Phi) is 6.72. The molecular formula is C24H27BrN2O4S. The molecule has 2 aromatic rings. The van der Waals surface area contributed by atoms with Crippen LogP contribution in [0.1, 0.15) is 51.6 Å². The van der Waals surface area contributed by atoms with E-state index in [9.17, 15) is 13.2 Å². The van der Waals surface area contributed by atoms with E-state index in [4.69, 9.17) is 4.74 Å². The fourth-order valence-electron chi connectivity index (χ4n) is 3.91. The van der Waals surface area contributed by atoms with Crippen LogP contribution < -0.4 is 5.32 Å². The number of benzene rings is 1. The molecule has 32 heavy (non-hydrogen) atoms. The van der Waals surface area contributed by atoms with E-state index in [1.807, 2.05) is 38.1 Å². The summed E-state index contributed by atoms with van der Waals surface area (Å²) in [6.45, 7) is 3.65. The van der Waals surface area contributed by atoms with Gasteiger partial charge in [-0.15, -0.1) is 0 Å². The highest BCUT2D eigenvalue weighted by Crippen LogP contribution is 2.39. The molecule has 1 aromatic carbocycles. The Morgan fingerprint density at radius 3 is 2.62 bits per heavy atom. The molecule has 1 unspecified atom stereocenters. The maximum atomic E-state index is 13.0. The van der Waals surface area contributed by atoms with Crippen molar-refractivity contribution in [1.82, 2.24) is 10.3 Å². The van der Waals surface area contributed by atoms with Gasteiger partial charge in [0.25, 0.3) is 0 Å². The first kappa shape index (κ1) is 23.0. The van der Waals surface area contributed by atoms with Crippen molar-refractivity contribution in [3.05, 3.63) is 52.8 Å². The van der Waals surface area contributed by atoms with Gasteiger partial charge in [0, 0.05) is 22.3 Å². The Balaban J connectivity index is 1.56. The molecule has 170 valence electrons. The van der Waals surface area contributed by atoms with Gasteiger partial charge in [0.2, 0.25) is 0 Å². The third-order valence-electron chi connectivity index (χ3n) is 5.69. The first-order chi connectivity index (χ1) is 15.2. The number of alkyl carbamates (subject to hydrolysis) is 1. The number of hydrogen-bond donors (Lipinski definition) is 1. The largest absolute Gasteiger partial charge is 0.447 e. The van der Waals surface area contributed by atoms with E-state index in [0.29, 0.717) is 16.9 Å². The molecule has 1 N–H and O–H groups in total. The summed E-state index contributed by atoms with van der Waals surface area (Å²) in [4.78, 5) is 16.7. The Hall–Kier alpha value is -2.19. The summed E-state index contributed by atoms with van der Waals surface area (Å²) in [5, 5.41) is 2.63. The lowest BCUT2D eigenvalue weighted by Gasteiger charge is -2.23. The van der Waals surface area contributed by atoms with E-state index in [-0.39, 0.29) is 23.5 Å². The predicted molar refractivity (Wildman–Crippen MR) is 128 cm³/mol. The number of ether oxygens (including phenoxy) is 1. The lowest BCUT2D eigenvalue weighted by molar-refractivity contribution is 0.111. The fourth-order valence-corrected chi connectivity index (χ4v) is 6.33. The average molecular weight is 519 g/mol. The highest BCUT2D eigenvalue weighted by atomic mass is 79.9. The summed E-state index contributed by atoms with van der Waals surface area (Å²) in [6, 6.07) is 9.28. The van der Waals surface area contributed by atoms with E-state index in [1.54, 1.807) is 12.3 Å². The standard InChI is InChI=1S/C24H27BrN2O4S/c1-15(2)31-24(28)27-19-6-3-16(4-7-19)22-13-17(11-12-26-22)21-10-5-18(25)14-23(21)32(29,30)20-8-9-20/h3,5,10-15,19-20H,4,6-9H2,1-2H3,(H,27,28). The molecule has 8 heteroatoms. The van der Waals surface area contributed by atoms with E-state index in [1.165, 1.54) is 0 Å². The van der Waals surface area contributed by atoms with E-state index >= 15 is 0 Å². The van der Waals surface area contributed by atoms with Crippen LogP contribution >= 0.6 is 15.9 Å². The van der Waals surface area contributed by atoms with Crippen molar-refractivity contribution in [2.45, 2.75) is 68.2 Å². The van der Waals surface area contributed by atoms with Crippen LogP contribution in [0.15, 0.2) is 52.0 Å². The summed E-state index contributed by atoms with van der Waals surface area (Å²) in [5.41, 5.74) is 3.48. The number of carbonyl (C=O) groups excluding carboxylic acids is 1. The average Bonchev–Trinajstić information content (AvgIpc) is 3.60. The van der Waals surface area contributed by atoms with Crippen LogP contribution in [-0.4, -0.2) is 36.9 Å². The van der Waals surface area contributed by atoms with Gasteiger partial charge >= 0.3 is 6.09 Å². The third kappa shape index (κ3) is 5.23. The smallest absolute Gasteiger partial charge is 0.407 e. The van der Waals surface area contributed by atoms with Crippen molar-refractivity contribution in [3.63, 3.8) is 0 Å². The van der Waals surface area contributed by atoms with Gasteiger partial charge in [-0.05, 0) is 81.4 Å². The molecule has 1 heterocycles. The fraction of sp³-hybridized carbons (Fsp3) is 0.417. The number of nitrogens with one attached hydrogen (secondary N) is 1. The van der Waals surface area contributed by atoms with Crippen molar-refractivity contribution in [2.75, 3.05) is 0 Å².